The van der Waals surface area contributed by atoms with Gasteiger partial charge in [0.25, 0.3) is 5.56 Å². The molecule has 1 aliphatic rings. The number of para-hydroxylation sites is 1. The molecule has 182 valence electrons. The molecule has 0 saturated carbocycles. The number of anilines is 1. The highest BCUT2D eigenvalue weighted by molar-refractivity contribution is 5.99. The van der Waals surface area contributed by atoms with E-state index in [0.717, 1.165) is 17.6 Å². The molecule has 2 atom stereocenters. The highest BCUT2D eigenvalue weighted by Gasteiger charge is 2.24. The number of pyridine rings is 2. The average molecular weight is 485 g/mol. The first-order valence-corrected chi connectivity index (χ1v) is 11.9. The van der Waals surface area contributed by atoms with Crippen LogP contribution in [0.1, 0.15) is 30.3 Å². The van der Waals surface area contributed by atoms with Crippen molar-refractivity contribution in [2.75, 3.05) is 25.0 Å². The molecule has 4 heterocycles. The van der Waals surface area contributed by atoms with Gasteiger partial charge in [0.1, 0.15) is 16.9 Å². The summed E-state index contributed by atoms with van der Waals surface area (Å²) >= 11 is 0. The lowest BCUT2D eigenvalue weighted by Crippen LogP contribution is -2.33. The number of morpholine rings is 1. The second kappa shape index (κ2) is 9.18. The van der Waals surface area contributed by atoms with E-state index in [1.54, 1.807) is 18.3 Å². The lowest BCUT2D eigenvalue weighted by Gasteiger charge is -2.24. The normalized spacial score (nSPS) is 16.9. The maximum atomic E-state index is 15.6. The largest absolute Gasteiger partial charge is 0.376 e. The number of imidazole rings is 1. The van der Waals surface area contributed by atoms with E-state index in [0.29, 0.717) is 41.0 Å². The summed E-state index contributed by atoms with van der Waals surface area (Å²) in [5.74, 6) is -0.163. The van der Waals surface area contributed by atoms with Crippen LogP contribution in [0.3, 0.4) is 0 Å². The maximum absolute atomic E-state index is 15.6. The van der Waals surface area contributed by atoms with Crippen LogP contribution in [-0.2, 0) is 4.74 Å². The fourth-order valence-corrected chi connectivity index (χ4v) is 4.73. The van der Waals surface area contributed by atoms with E-state index >= 15 is 4.39 Å². The molecule has 1 fully saturated rings. The summed E-state index contributed by atoms with van der Waals surface area (Å²) in [6, 6.07) is 16.5. The van der Waals surface area contributed by atoms with Gasteiger partial charge >= 0.3 is 0 Å². The van der Waals surface area contributed by atoms with E-state index < -0.39 is 5.82 Å². The summed E-state index contributed by atoms with van der Waals surface area (Å²) in [5, 5.41) is 7.51. The number of aromatic amines is 2. The van der Waals surface area contributed by atoms with Crippen LogP contribution in [0.4, 0.5) is 10.1 Å². The van der Waals surface area contributed by atoms with Crippen molar-refractivity contribution >= 4 is 27.6 Å². The Morgan fingerprint density at radius 2 is 1.94 bits per heavy atom. The molecule has 1 saturated heterocycles. The molecule has 0 aliphatic carbocycles. The van der Waals surface area contributed by atoms with Gasteiger partial charge in [0.05, 0.1) is 41.2 Å². The van der Waals surface area contributed by atoms with Crippen molar-refractivity contribution in [3.8, 4) is 11.4 Å². The first-order valence-electron chi connectivity index (χ1n) is 11.9. The van der Waals surface area contributed by atoms with Crippen LogP contribution in [0, 0.1) is 5.82 Å². The summed E-state index contributed by atoms with van der Waals surface area (Å²) in [6.07, 6.45) is 1.35. The molecule has 0 radical (unpaired) electrons. The van der Waals surface area contributed by atoms with Gasteiger partial charge in [-0.15, -0.1) is 0 Å². The number of hydrogen-bond acceptors (Lipinski definition) is 6. The molecule has 3 aromatic heterocycles. The zero-order valence-corrected chi connectivity index (χ0v) is 19.6. The minimum absolute atomic E-state index is 0.174. The van der Waals surface area contributed by atoms with Gasteiger partial charge in [-0.25, -0.2) is 9.37 Å². The third-order valence-electron chi connectivity index (χ3n) is 6.55. The first kappa shape index (κ1) is 22.4. The van der Waals surface area contributed by atoms with Crippen molar-refractivity contribution in [2.45, 2.75) is 19.1 Å². The maximum Gasteiger partial charge on any atom is 0.261 e. The van der Waals surface area contributed by atoms with Crippen LogP contribution in [-0.4, -0.2) is 39.6 Å². The number of nitrogens with zero attached hydrogens (tertiary/aromatic N) is 2. The molecule has 4 N–H and O–H groups in total. The number of hydrogen-bond donors (Lipinski definition) is 4. The molecule has 8 nitrogen and oxygen atoms in total. The summed E-state index contributed by atoms with van der Waals surface area (Å²) in [6.45, 7) is 3.77. The van der Waals surface area contributed by atoms with Crippen molar-refractivity contribution in [1.82, 2.24) is 25.3 Å². The zero-order chi connectivity index (χ0) is 24.6. The van der Waals surface area contributed by atoms with Gasteiger partial charge in [0, 0.05) is 30.2 Å². The molecule has 5 aromatic rings. The van der Waals surface area contributed by atoms with Crippen molar-refractivity contribution in [3.63, 3.8) is 0 Å². The van der Waals surface area contributed by atoms with Gasteiger partial charge in [-0.1, -0.05) is 30.3 Å². The number of benzene rings is 2. The van der Waals surface area contributed by atoms with E-state index in [-0.39, 0.29) is 29.0 Å². The van der Waals surface area contributed by atoms with E-state index in [4.69, 9.17) is 4.74 Å². The minimum Gasteiger partial charge on any atom is -0.376 e. The van der Waals surface area contributed by atoms with Gasteiger partial charge < -0.3 is 25.3 Å². The first-order chi connectivity index (χ1) is 17.6. The van der Waals surface area contributed by atoms with Crippen molar-refractivity contribution < 1.29 is 9.13 Å². The molecule has 9 heteroatoms. The second-order valence-corrected chi connectivity index (χ2v) is 8.88. The molecule has 0 spiro atoms. The van der Waals surface area contributed by atoms with Crippen LogP contribution < -0.4 is 16.2 Å². The van der Waals surface area contributed by atoms with Crippen molar-refractivity contribution in [3.05, 3.63) is 88.2 Å². The molecule has 1 aliphatic heterocycles. The number of aromatic nitrogens is 4. The number of fused-ring (bicyclic) bond motifs is 2. The monoisotopic (exact) mass is 484 g/mol. The predicted octanol–water partition coefficient (Wildman–Crippen LogP) is 4.44. The molecular weight excluding hydrogens is 459 g/mol. The molecular formula is C27H25FN6O2. The van der Waals surface area contributed by atoms with Gasteiger partial charge in [-0.2, -0.15) is 0 Å². The zero-order valence-electron chi connectivity index (χ0n) is 19.6. The Kier molecular flexibility index (Phi) is 5.71. The Morgan fingerprint density at radius 1 is 1.08 bits per heavy atom. The smallest absolute Gasteiger partial charge is 0.261 e. The Bertz CT molecular complexity index is 1610. The Labute approximate surface area is 206 Å². The van der Waals surface area contributed by atoms with Crippen LogP contribution in [0.2, 0.25) is 0 Å². The lowest BCUT2D eigenvalue weighted by molar-refractivity contribution is 0.0257. The Morgan fingerprint density at radius 3 is 2.75 bits per heavy atom. The van der Waals surface area contributed by atoms with Crippen molar-refractivity contribution in [2.24, 2.45) is 0 Å². The number of halogens is 1. The number of H-pyrrole nitrogens is 2. The highest BCUT2D eigenvalue weighted by atomic mass is 19.1. The molecule has 0 bridgehead atoms. The van der Waals surface area contributed by atoms with E-state index in [2.05, 4.69) is 30.6 Å². The van der Waals surface area contributed by atoms with Gasteiger partial charge in [0.2, 0.25) is 0 Å². The van der Waals surface area contributed by atoms with Gasteiger partial charge in [0.15, 0.2) is 5.82 Å². The third-order valence-corrected chi connectivity index (χ3v) is 6.55. The van der Waals surface area contributed by atoms with E-state index in [9.17, 15) is 4.79 Å². The standard InChI is InChI=1S/C27H25FN6O2/c1-15(18-7-4-5-11-30-18)31-24-16-6-2-3-8-19(16)33-27(35)22(24)26-32-20-10-9-17(23(28)25(20)34-26)21-14-29-12-13-36-21/h2-11,15,21,29H,12-14H2,1H3,(H,32,34)(H2,31,33,35). The van der Waals surface area contributed by atoms with Crippen LogP contribution >= 0.6 is 0 Å². The number of nitrogens with one attached hydrogen (secondary N) is 4. The van der Waals surface area contributed by atoms with E-state index in [1.165, 1.54) is 0 Å². The fourth-order valence-electron chi connectivity index (χ4n) is 4.73. The highest BCUT2D eigenvalue weighted by Crippen LogP contribution is 2.34. The quantitative estimate of drug-likeness (QED) is 0.294. The summed E-state index contributed by atoms with van der Waals surface area (Å²) in [4.78, 5) is 28.5. The molecule has 36 heavy (non-hydrogen) atoms. The number of ether oxygens (including phenoxy) is 1. The average Bonchev–Trinajstić information content (AvgIpc) is 3.34. The summed E-state index contributed by atoms with van der Waals surface area (Å²) in [5.41, 5.74) is 3.23. The fraction of sp³-hybridized carbons (Fsp3) is 0.222. The molecule has 6 rings (SSSR count). The molecule has 2 aromatic carbocycles. The molecule has 2 unspecified atom stereocenters. The van der Waals surface area contributed by atoms with Crippen molar-refractivity contribution in [1.29, 1.82) is 0 Å². The molecule has 0 amide bonds. The van der Waals surface area contributed by atoms with Crippen LogP contribution in [0.15, 0.2) is 65.6 Å². The predicted molar refractivity (Wildman–Crippen MR) is 137 cm³/mol. The third kappa shape index (κ3) is 3.92. The topological polar surface area (TPSA) is 108 Å². The Balaban J connectivity index is 1.50. The minimum atomic E-state index is -0.447. The Hall–Kier alpha value is -4.08. The van der Waals surface area contributed by atoms with E-state index in [1.807, 2.05) is 49.4 Å². The van der Waals surface area contributed by atoms with Crippen LogP contribution in [0.25, 0.3) is 33.3 Å². The SMILES string of the molecule is CC(Nc1c(-c2nc3c(F)c(C4CNCCO4)ccc3[nH]2)c(=O)[nH]c2ccccc12)c1ccccn1. The lowest BCUT2D eigenvalue weighted by atomic mass is 10.1. The summed E-state index contributed by atoms with van der Waals surface area (Å²) in [7, 11) is 0. The second-order valence-electron chi connectivity index (χ2n) is 8.88. The summed E-state index contributed by atoms with van der Waals surface area (Å²) < 4.78 is 21.3. The van der Waals surface area contributed by atoms with Gasteiger partial charge in [-0.05, 0) is 31.2 Å². The van der Waals surface area contributed by atoms with Gasteiger partial charge in [-0.3, -0.25) is 9.78 Å². The van der Waals surface area contributed by atoms with Crippen LogP contribution in [0.5, 0.6) is 0 Å². The number of rotatable bonds is 5.